The Morgan fingerprint density at radius 1 is 0.875 bits per heavy atom. The van der Waals surface area contributed by atoms with E-state index in [4.69, 9.17) is 23.2 Å². The topological polar surface area (TPSA) is 95.0 Å². The standard InChI is InChI=1S/C31H30Cl2N2O5/c1-34-28(39)30(32)15-22-20(11-12-21-24(22)27(38)35(26(21)37)16-7-3-2-4-8-16)25(31(30,33)29(34)40)19-13-14-23(36)18-10-6-5-9-17(18)19/h5-6,9-11,13-14,16,21-22,24-25,36H,2-4,7-8,12,15H2,1H3. The van der Waals surface area contributed by atoms with Crippen LogP contribution in [0.15, 0.2) is 48.0 Å². The first-order chi connectivity index (χ1) is 19.1. The molecule has 2 aromatic carbocycles. The van der Waals surface area contributed by atoms with Crippen LogP contribution in [0, 0.1) is 17.8 Å². The van der Waals surface area contributed by atoms with Crippen LogP contribution in [0.2, 0.25) is 0 Å². The molecule has 3 aliphatic carbocycles. The third-order valence-corrected chi connectivity index (χ3v) is 11.6. The molecule has 0 aromatic heterocycles. The van der Waals surface area contributed by atoms with Crippen molar-refractivity contribution in [3.8, 4) is 5.75 Å². The number of likely N-dealkylation sites (tertiary alicyclic amines) is 2. The number of phenolic OH excluding ortho intramolecular Hbond substituents is 1. The largest absolute Gasteiger partial charge is 0.507 e. The number of fused-ring (bicyclic) bond motifs is 5. The quantitative estimate of drug-likeness (QED) is 0.311. The molecule has 1 N–H and O–H groups in total. The average molecular weight is 581 g/mol. The highest BCUT2D eigenvalue weighted by Gasteiger charge is 2.76. The molecule has 6 unspecified atom stereocenters. The van der Waals surface area contributed by atoms with Crippen LogP contribution in [-0.4, -0.2) is 61.4 Å². The number of hydrogen-bond acceptors (Lipinski definition) is 5. The summed E-state index contributed by atoms with van der Waals surface area (Å²) in [6.45, 7) is 0. The van der Waals surface area contributed by atoms with Gasteiger partial charge in [-0.1, -0.05) is 61.2 Å². The van der Waals surface area contributed by atoms with Crippen molar-refractivity contribution >= 4 is 57.6 Å². The van der Waals surface area contributed by atoms with E-state index in [1.165, 1.54) is 11.9 Å². The average Bonchev–Trinajstić information content (AvgIpc) is 3.29. The molecule has 4 amide bonds. The zero-order valence-electron chi connectivity index (χ0n) is 22.1. The number of alkyl halides is 2. The SMILES string of the molecule is CN1C(=O)C2(Cl)CC3C(=CCC4C(=O)N(C5CCCCC5)C(=O)C43)C(c3ccc(O)c4ccccc34)C2(Cl)C1=O. The first-order valence-electron chi connectivity index (χ1n) is 14.1. The molecule has 0 spiro atoms. The second-order valence-corrected chi connectivity index (χ2v) is 13.3. The normalized spacial score (nSPS) is 36.1. The summed E-state index contributed by atoms with van der Waals surface area (Å²) in [4.78, 5) is 54.1. The number of benzene rings is 2. The van der Waals surface area contributed by atoms with Crippen molar-refractivity contribution in [1.29, 1.82) is 0 Å². The summed E-state index contributed by atoms with van der Waals surface area (Å²) in [7, 11) is 1.39. The summed E-state index contributed by atoms with van der Waals surface area (Å²) in [5, 5.41) is 11.9. The highest BCUT2D eigenvalue weighted by Crippen LogP contribution is 2.66. The molecule has 4 fully saturated rings. The van der Waals surface area contributed by atoms with Crippen LogP contribution in [0.25, 0.3) is 10.8 Å². The smallest absolute Gasteiger partial charge is 0.253 e. The van der Waals surface area contributed by atoms with Crippen LogP contribution >= 0.6 is 23.2 Å². The number of carbonyl (C=O) groups excluding carboxylic acids is 4. The second kappa shape index (κ2) is 8.80. The molecule has 208 valence electrons. The Morgan fingerprint density at radius 2 is 1.57 bits per heavy atom. The number of allylic oxidation sites excluding steroid dienone is 2. The minimum Gasteiger partial charge on any atom is -0.507 e. The number of nitrogens with zero attached hydrogens (tertiary/aromatic N) is 2. The molecular weight excluding hydrogens is 551 g/mol. The van der Waals surface area contributed by atoms with Crippen LogP contribution in [0.1, 0.15) is 56.4 Å². The van der Waals surface area contributed by atoms with Gasteiger partial charge in [-0.25, -0.2) is 0 Å². The van der Waals surface area contributed by atoms with Gasteiger partial charge in [0, 0.05) is 24.4 Å². The fourth-order valence-electron chi connectivity index (χ4n) is 8.37. The van der Waals surface area contributed by atoms with E-state index < -0.39 is 45.2 Å². The van der Waals surface area contributed by atoms with Crippen molar-refractivity contribution in [2.24, 2.45) is 17.8 Å². The molecule has 2 heterocycles. The van der Waals surface area contributed by atoms with E-state index in [0.717, 1.165) is 42.6 Å². The number of hydrogen-bond donors (Lipinski definition) is 1. The van der Waals surface area contributed by atoms with Gasteiger partial charge in [-0.15, -0.1) is 23.2 Å². The number of imide groups is 2. The van der Waals surface area contributed by atoms with Gasteiger partial charge in [-0.3, -0.25) is 29.0 Å². The van der Waals surface area contributed by atoms with Crippen LogP contribution in [-0.2, 0) is 19.2 Å². The summed E-state index contributed by atoms with van der Waals surface area (Å²) in [6.07, 6.45) is 7.01. The molecule has 2 saturated heterocycles. The van der Waals surface area contributed by atoms with Gasteiger partial charge in [0.15, 0.2) is 9.75 Å². The molecule has 2 saturated carbocycles. The summed E-state index contributed by atoms with van der Waals surface area (Å²) in [5.41, 5.74) is 1.42. The molecule has 0 radical (unpaired) electrons. The number of halogens is 2. The van der Waals surface area contributed by atoms with Crippen LogP contribution < -0.4 is 0 Å². The van der Waals surface area contributed by atoms with E-state index in [9.17, 15) is 24.3 Å². The first-order valence-corrected chi connectivity index (χ1v) is 14.8. The van der Waals surface area contributed by atoms with Crippen LogP contribution in [0.4, 0.5) is 0 Å². The van der Waals surface area contributed by atoms with Gasteiger partial charge in [0.25, 0.3) is 11.8 Å². The molecule has 5 aliphatic rings. The van der Waals surface area contributed by atoms with Crippen molar-refractivity contribution in [3.63, 3.8) is 0 Å². The second-order valence-electron chi connectivity index (χ2n) is 12.1. The number of aromatic hydroxyl groups is 1. The van der Waals surface area contributed by atoms with Gasteiger partial charge in [-0.05, 0) is 48.6 Å². The van der Waals surface area contributed by atoms with Crippen LogP contribution in [0.3, 0.4) is 0 Å². The fraction of sp³-hybridized carbons (Fsp3) is 0.484. The van der Waals surface area contributed by atoms with Gasteiger partial charge in [0.2, 0.25) is 11.8 Å². The zero-order chi connectivity index (χ0) is 28.1. The third-order valence-electron chi connectivity index (χ3n) is 10.2. The maximum absolute atomic E-state index is 14.1. The van der Waals surface area contributed by atoms with Gasteiger partial charge in [0.1, 0.15) is 5.75 Å². The third kappa shape index (κ3) is 3.14. The molecule has 2 aliphatic heterocycles. The summed E-state index contributed by atoms with van der Waals surface area (Å²) < 4.78 is 0. The Morgan fingerprint density at radius 3 is 2.30 bits per heavy atom. The maximum atomic E-state index is 14.1. The Balaban J connectivity index is 1.42. The summed E-state index contributed by atoms with van der Waals surface area (Å²) in [5.74, 6) is -3.99. The number of rotatable bonds is 2. The van der Waals surface area contributed by atoms with E-state index in [-0.39, 0.29) is 30.0 Å². The minimum atomic E-state index is -1.84. The molecule has 7 nitrogen and oxygen atoms in total. The first kappa shape index (κ1) is 26.0. The highest BCUT2D eigenvalue weighted by atomic mass is 35.5. The molecule has 7 rings (SSSR count). The lowest BCUT2D eigenvalue weighted by atomic mass is 9.56. The van der Waals surface area contributed by atoms with Crippen molar-refractivity contribution in [2.45, 2.75) is 66.7 Å². The number of carbonyl (C=O) groups is 4. The Kier molecular flexibility index (Phi) is 5.72. The number of amides is 4. The molecule has 40 heavy (non-hydrogen) atoms. The Bertz CT molecular complexity index is 1530. The number of phenols is 1. The van der Waals surface area contributed by atoms with Crippen molar-refractivity contribution in [1.82, 2.24) is 9.80 Å². The molecule has 9 heteroatoms. The van der Waals surface area contributed by atoms with Crippen molar-refractivity contribution < 1.29 is 24.3 Å². The van der Waals surface area contributed by atoms with E-state index >= 15 is 0 Å². The predicted molar refractivity (Wildman–Crippen MR) is 150 cm³/mol. The van der Waals surface area contributed by atoms with Crippen LogP contribution in [0.5, 0.6) is 5.75 Å². The molecular formula is C31H30Cl2N2O5. The predicted octanol–water partition coefficient (Wildman–Crippen LogP) is 4.87. The summed E-state index contributed by atoms with van der Waals surface area (Å²) in [6, 6.07) is 10.5. The summed E-state index contributed by atoms with van der Waals surface area (Å²) >= 11 is 14.6. The molecule has 0 bridgehead atoms. The lowest BCUT2D eigenvalue weighted by molar-refractivity contribution is -0.144. The monoisotopic (exact) mass is 580 g/mol. The maximum Gasteiger partial charge on any atom is 0.253 e. The lowest BCUT2D eigenvalue weighted by Gasteiger charge is -2.51. The van der Waals surface area contributed by atoms with Crippen molar-refractivity contribution in [2.75, 3.05) is 7.05 Å². The lowest BCUT2D eigenvalue weighted by Crippen LogP contribution is -2.60. The zero-order valence-corrected chi connectivity index (χ0v) is 23.6. The Labute approximate surface area is 242 Å². The van der Waals surface area contributed by atoms with Crippen molar-refractivity contribution in [3.05, 3.63) is 53.6 Å². The Hall–Kier alpha value is -2.90. The van der Waals surface area contributed by atoms with E-state index in [1.54, 1.807) is 18.2 Å². The van der Waals surface area contributed by atoms with E-state index in [2.05, 4.69) is 0 Å². The van der Waals surface area contributed by atoms with E-state index in [0.29, 0.717) is 22.8 Å². The van der Waals surface area contributed by atoms with Gasteiger partial charge < -0.3 is 5.11 Å². The van der Waals surface area contributed by atoms with E-state index in [1.807, 2.05) is 24.3 Å². The molecule has 2 aromatic rings. The highest BCUT2D eigenvalue weighted by molar-refractivity contribution is 6.53. The van der Waals surface area contributed by atoms with Gasteiger partial charge in [-0.2, -0.15) is 0 Å². The van der Waals surface area contributed by atoms with Gasteiger partial charge >= 0.3 is 0 Å². The molecule has 6 atom stereocenters. The fourth-order valence-corrected chi connectivity index (χ4v) is 9.38. The van der Waals surface area contributed by atoms with Gasteiger partial charge in [0.05, 0.1) is 11.8 Å². The minimum absolute atomic E-state index is 0.00991.